The Balaban J connectivity index is 1.38. The third kappa shape index (κ3) is 4.08. The van der Waals surface area contributed by atoms with Gasteiger partial charge in [-0.3, -0.25) is 29.3 Å². The summed E-state index contributed by atoms with van der Waals surface area (Å²) in [4.78, 5) is 69.9. The molecule has 2 aliphatic carbocycles. The van der Waals surface area contributed by atoms with Gasteiger partial charge in [-0.1, -0.05) is 35.9 Å². The van der Waals surface area contributed by atoms with Crippen molar-refractivity contribution in [3.8, 4) is 11.5 Å². The first-order valence-corrected chi connectivity index (χ1v) is 15.6. The standard InChI is InChI=1S/C34H28BrN3O8/c1-34-24(31(41)37(33(34)43)18-7-4-3-5-8-18)16-23-21(28(34)17-13-25(35)29(39)26(14-17)46-2)11-12-22-27(23)32(42)36(30(22)40)19-9-6-10-20(15-19)38(44)45/h3-11,13-15,22-24,27-28,39H,12,16H2,1-2H3. The number of benzene rings is 3. The summed E-state index contributed by atoms with van der Waals surface area (Å²) in [5, 5.41) is 22.1. The van der Waals surface area contributed by atoms with E-state index in [9.17, 15) is 34.4 Å². The van der Waals surface area contributed by atoms with E-state index in [1.54, 1.807) is 49.4 Å². The number of nitro benzene ring substituents is 1. The number of non-ortho nitro benzene ring substituents is 1. The van der Waals surface area contributed by atoms with Gasteiger partial charge in [-0.2, -0.15) is 0 Å². The molecule has 7 rings (SSSR count). The molecule has 234 valence electrons. The first-order chi connectivity index (χ1) is 22.0. The number of rotatable bonds is 5. The molecule has 0 radical (unpaired) electrons. The van der Waals surface area contributed by atoms with Crippen LogP contribution in [0, 0.1) is 39.2 Å². The summed E-state index contributed by atoms with van der Waals surface area (Å²) < 4.78 is 5.78. The molecule has 2 saturated heterocycles. The molecule has 4 amide bonds. The first-order valence-electron chi connectivity index (χ1n) is 14.8. The Morgan fingerprint density at radius 1 is 0.935 bits per heavy atom. The normalized spacial score (nSPS) is 28.5. The fraction of sp³-hybridized carbons (Fsp3) is 0.294. The number of phenolic OH excluding ortho intramolecular Hbond substituents is 1. The summed E-state index contributed by atoms with van der Waals surface area (Å²) >= 11 is 3.41. The molecular formula is C34H28BrN3O8. The van der Waals surface area contributed by atoms with Crippen LogP contribution in [0.1, 0.15) is 31.2 Å². The number of ether oxygens (including phenoxy) is 1. The number of fused-ring (bicyclic) bond motifs is 4. The largest absolute Gasteiger partial charge is 0.503 e. The Labute approximate surface area is 271 Å². The molecule has 3 fully saturated rings. The van der Waals surface area contributed by atoms with Crippen LogP contribution in [0.15, 0.2) is 82.9 Å². The molecule has 0 aromatic heterocycles. The zero-order valence-corrected chi connectivity index (χ0v) is 26.3. The average molecular weight is 687 g/mol. The number of allylic oxidation sites excluding steroid dienone is 2. The van der Waals surface area contributed by atoms with Gasteiger partial charge in [0.25, 0.3) is 5.69 Å². The lowest BCUT2D eigenvalue weighted by atomic mass is 9.51. The highest BCUT2D eigenvalue weighted by Gasteiger charge is 2.67. The molecule has 3 aromatic carbocycles. The number of carbonyl (C=O) groups excluding carboxylic acids is 4. The highest BCUT2D eigenvalue weighted by atomic mass is 79.9. The molecule has 1 saturated carbocycles. The fourth-order valence-electron chi connectivity index (χ4n) is 8.13. The predicted octanol–water partition coefficient (Wildman–Crippen LogP) is 5.51. The van der Waals surface area contributed by atoms with Gasteiger partial charge in [0.05, 0.1) is 51.0 Å². The molecule has 2 heterocycles. The van der Waals surface area contributed by atoms with Crippen molar-refractivity contribution in [1.29, 1.82) is 0 Å². The van der Waals surface area contributed by atoms with E-state index in [0.29, 0.717) is 15.7 Å². The number of carbonyl (C=O) groups is 4. The molecular weight excluding hydrogens is 658 g/mol. The van der Waals surface area contributed by atoms with Crippen LogP contribution in [-0.2, 0) is 19.2 Å². The summed E-state index contributed by atoms with van der Waals surface area (Å²) in [6.07, 6.45) is 2.28. The minimum Gasteiger partial charge on any atom is -0.503 e. The smallest absolute Gasteiger partial charge is 0.271 e. The Kier molecular flexibility index (Phi) is 6.89. The zero-order chi connectivity index (χ0) is 32.7. The van der Waals surface area contributed by atoms with Crippen LogP contribution in [-0.4, -0.2) is 40.8 Å². The van der Waals surface area contributed by atoms with Crippen LogP contribution < -0.4 is 14.5 Å². The number of methoxy groups -OCH3 is 1. The lowest BCUT2D eigenvalue weighted by Crippen LogP contribution is -2.48. The van der Waals surface area contributed by atoms with Crippen molar-refractivity contribution in [1.82, 2.24) is 0 Å². The highest BCUT2D eigenvalue weighted by Crippen LogP contribution is 2.64. The van der Waals surface area contributed by atoms with E-state index in [1.807, 2.05) is 6.08 Å². The minimum absolute atomic E-state index is 0.118. The van der Waals surface area contributed by atoms with Crippen LogP contribution in [0.4, 0.5) is 17.1 Å². The maximum Gasteiger partial charge on any atom is 0.271 e. The predicted molar refractivity (Wildman–Crippen MR) is 169 cm³/mol. The number of halogens is 1. The first kappa shape index (κ1) is 29.8. The van der Waals surface area contributed by atoms with Gasteiger partial charge >= 0.3 is 0 Å². The van der Waals surface area contributed by atoms with Gasteiger partial charge in [0.15, 0.2) is 11.5 Å². The van der Waals surface area contributed by atoms with Crippen LogP contribution in [0.25, 0.3) is 0 Å². The number of nitrogens with zero attached hydrogens (tertiary/aromatic N) is 3. The van der Waals surface area contributed by atoms with E-state index in [4.69, 9.17) is 4.74 Å². The van der Waals surface area contributed by atoms with Crippen LogP contribution in [0.5, 0.6) is 11.5 Å². The maximum atomic E-state index is 14.5. The number of hydrogen-bond donors (Lipinski definition) is 1. The topological polar surface area (TPSA) is 147 Å². The molecule has 12 heteroatoms. The van der Waals surface area contributed by atoms with Gasteiger partial charge in [-0.05, 0) is 77.5 Å². The Morgan fingerprint density at radius 3 is 2.35 bits per heavy atom. The molecule has 0 spiro atoms. The van der Waals surface area contributed by atoms with E-state index in [-0.39, 0.29) is 47.5 Å². The maximum absolute atomic E-state index is 14.5. The van der Waals surface area contributed by atoms with Crippen molar-refractivity contribution >= 4 is 56.6 Å². The van der Waals surface area contributed by atoms with E-state index >= 15 is 0 Å². The van der Waals surface area contributed by atoms with Crippen LogP contribution >= 0.6 is 15.9 Å². The van der Waals surface area contributed by atoms with Crippen molar-refractivity contribution in [2.24, 2.45) is 29.1 Å². The summed E-state index contributed by atoms with van der Waals surface area (Å²) in [6.45, 7) is 1.78. The molecule has 46 heavy (non-hydrogen) atoms. The van der Waals surface area contributed by atoms with Gasteiger partial charge < -0.3 is 9.84 Å². The third-order valence-corrected chi connectivity index (χ3v) is 10.8. The minimum atomic E-state index is -1.27. The molecule has 2 aliphatic heterocycles. The van der Waals surface area contributed by atoms with Gasteiger partial charge in [0.1, 0.15) is 0 Å². The second kappa shape index (κ2) is 10.6. The van der Waals surface area contributed by atoms with E-state index < -0.39 is 51.7 Å². The highest BCUT2D eigenvalue weighted by molar-refractivity contribution is 9.10. The van der Waals surface area contributed by atoms with Crippen molar-refractivity contribution in [3.05, 3.63) is 98.5 Å². The second-order valence-electron chi connectivity index (χ2n) is 12.3. The van der Waals surface area contributed by atoms with Crippen molar-refractivity contribution in [2.45, 2.75) is 25.7 Å². The number of phenols is 1. The molecule has 0 bridgehead atoms. The van der Waals surface area contributed by atoms with E-state index in [1.165, 1.54) is 36.3 Å². The number of amides is 4. The Morgan fingerprint density at radius 2 is 1.65 bits per heavy atom. The summed E-state index contributed by atoms with van der Waals surface area (Å²) in [7, 11) is 1.41. The summed E-state index contributed by atoms with van der Waals surface area (Å²) in [6, 6.07) is 17.4. The lowest BCUT2D eigenvalue weighted by molar-refractivity contribution is -0.384. The monoisotopic (exact) mass is 685 g/mol. The lowest BCUT2D eigenvalue weighted by Gasteiger charge is -2.49. The van der Waals surface area contributed by atoms with E-state index in [2.05, 4.69) is 15.9 Å². The number of nitro groups is 1. The molecule has 6 unspecified atom stereocenters. The summed E-state index contributed by atoms with van der Waals surface area (Å²) in [5.74, 6) is -5.35. The number of imide groups is 2. The number of para-hydroxylation sites is 1. The van der Waals surface area contributed by atoms with Gasteiger partial charge in [-0.15, -0.1) is 0 Å². The number of anilines is 2. The molecule has 11 nitrogen and oxygen atoms in total. The fourth-order valence-corrected chi connectivity index (χ4v) is 8.59. The van der Waals surface area contributed by atoms with Gasteiger partial charge in [0.2, 0.25) is 23.6 Å². The molecule has 6 atom stereocenters. The molecule has 4 aliphatic rings. The van der Waals surface area contributed by atoms with Gasteiger partial charge in [0, 0.05) is 18.1 Å². The Hall–Kier alpha value is -4.84. The molecule has 1 N–H and O–H groups in total. The van der Waals surface area contributed by atoms with Gasteiger partial charge in [-0.25, -0.2) is 9.80 Å². The van der Waals surface area contributed by atoms with Crippen molar-refractivity contribution in [3.63, 3.8) is 0 Å². The summed E-state index contributed by atoms with van der Waals surface area (Å²) in [5.41, 5.74) is 0.407. The third-order valence-electron chi connectivity index (χ3n) is 10.2. The zero-order valence-electron chi connectivity index (χ0n) is 24.8. The van der Waals surface area contributed by atoms with Crippen molar-refractivity contribution < 1.29 is 33.9 Å². The second-order valence-corrected chi connectivity index (χ2v) is 13.2. The Bertz CT molecular complexity index is 1890. The van der Waals surface area contributed by atoms with Crippen LogP contribution in [0.2, 0.25) is 0 Å². The average Bonchev–Trinajstić information content (AvgIpc) is 3.42. The van der Waals surface area contributed by atoms with E-state index in [0.717, 1.165) is 10.5 Å². The quantitative estimate of drug-likeness (QED) is 0.160. The number of hydrogen-bond acceptors (Lipinski definition) is 8. The number of aromatic hydroxyl groups is 1. The molecule has 3 aromatic rings. The van der Waals surface area contributed by atoms with Crippen LogP contribution in [0.3, 0.4) is 0 Å². The van der Waals surface area contributed by atoms with Crippen molar-refractivity contribution in [2.75, 3.05) is 16.9 Å². The SMILES string of the molecule is COc1cc(C2C3=CCC4C(=O)N(c5cccc([N+](=O)[O-])c5)C(=O)C4C3CC3C(=O)N(c4ccccc4)C(=O)C32C)cc(Br)c1O.